The third-order valence-electron chi connectivity index (χ3n) is 4.82. The lowest BCUT2D eigenvalue weighted by Crippen LogP contribution is -2.46. The molecule has 1 N–H and O–H groups in total. The summed E-state index contributed by atoms with van der Waals surface area (Å²) in [6.45, 7) is 8.67. The first kappa shape index (κ1) is 14.3. The lowest BCUT2D eigenvalue weighted by Gasteiger charge is -2.38. The zero-order valence-corrected chi connectivity index (χ0v) is 12.3. The van der Waals surface area contributed by atoms with Crippen LogP contribution in [0.4, 0.5) is 0 Å². The Morgan fingerprint density at radius 3 is 2.72 bits per heavy atom. The molecular formula is C15H30N2O. The van der Waals surface area contributed by atoms with Crippen molar-refractivity contribution in [1.29, 1.82) is 0 Å². The lowest BCUT2D eigenvalue weighted by atomic mass is 9.84. The quantitative estimate of drug-likeness (QED) is 0.813. The molecule has 2 fully saturated rings. The van der Waals surface area contributed by atoms with Gasteiger partial charge in [0.2, 0.25) is 0 Å². The minimum absolute atomic E-state index is 0.566. The monoisotopic (exact) mass is 254 g/mol. The van der Waals surface area contributed by atoms with E-state index < -0.39 is 0 Å². The van der Waals surface area contributed by atoms with Gasteiger partial charge < -0.3 is 15.0 Å². The predicted octanol–water partition coefficient (Wildman–Crippen LogP) is 2.12. The highest BCUT2D eigenvalue weighted by molar-refractivity contribution is 4.86. The molecule has 0 aromatic rings. The van der Waals surface area contributed by atoms with Crippen LogP contribution >= 0.6 is 0 Å². The summed E-state index contributed by atoms with van der Waals surface area (Å²) in [4.78, 5) is 2.60. The summed E-state index contributed by atoms with van der Waals surface area (Å²) >= 11 is 0. The summed E-state index contributed by atoms with van der Waals surface area (Å²) in [6, 6.07) is 1.36. The van der Waals surface area contributed by atoms with Crippen molar-refractivity contribution in [3.63, 3.8) is 0 Å². The van der Waals surface area contributed by atoms with Gasteiger partial charge in [-0.25, -0.2) is 0 Å². The molecule has 3 nitrogen and oxygen atoms in total. The van der Waals surface area contributed by atoms with Crippen molar-refractivity contribution >= 4 is 0 Å². The molecule has 0 radical (unpaired) electrons. The molecule has 18 heavy (non-hydrogen) atoms. The summed E-state index contributed by atoms with van der Waals surface area (Å²) in [6.07, 6.45) is 5.64. The summed E-state index contributed by atoms with van der Waals surface area (Å²) in [5.74, 6) is 1.53. The molecule has 0 amide bonds. The molecule has 0 aromatic heterocycles. The number of likely N-dealkylation sites (N-methyl/N-ethyl adjacent to an activating group) is 1. The third kappa shape index (κ3) is 3.46. The maximum Gasteiger partial charge on any atom is 0.0623 e. The molecule has 1 aliphatic carbocycles. The SMILES string of the molecule is CCNC1COCC1CN(C)C1CCCCC1C. The van der Waals surface area contributed by atoms with Crippen molar-refractivity contribution in [3.8, 4) is 0 Å². The fourth-order valence-electron chi connectivity index (χ4n) is 3.72. The number of hydrogen-bond acceptors (Lipinski definition) is 3. The molecule has 0 aromatic carbocycles. The van der Waals surface area contributed by atoms with Gasteiger partial charge >= 0.3 is 0 Å². The predicted molar refractivity (Wildman–Crippen MR) is 75.8 cm³/mol. The van der Waals surface area contributed by atoms with Gasteiger partial charge in [0.1, 0.15) is 0 Å². The first-order valence-electron chi connectivity index (χ1n) is 7.73. The Labute approximate surface area is 112 Å². The smallest absolute Gasteiger partial charge is 0.0623 e. The van der Waals surface area contributed by atoms with E-state index in [1.54, 1.807) is 0 Å². The van der Waals surface area contributed by atoms with Crippen molar-refractivity contribution in [2.75, 3.05) is 33.4 Å². The van der Waals surface area contributed by atoms with Crippen molar-refractivity contribution < 1.29 is 4.74 Å². The van der Waals surface area contributed by atoms with Gasteiger partial charge in [-0.05, 0) is 32.4 Å². The van der Waals surface area contributed by atoms with Gasteiger partial charge in [-0.15, -0.1) is 0 Å². The minimum atomic E-state index is 0.566. The second kappa shape index (κ2) is 6.88. The van der Waals surface area contributed by atoms with E-state index in [9.17, 15) is 0 Å². The molecule has 1 saturated carbocycles. The maximum absolute atomic E-state index is 5.65. The Kier molecular flexibility index (Phi) is 5.46. The molecule has 106 valence electrons. The average molecular weight is 254 g/mol. The van der Waals surface area contributed by atoms with Crippen molar-refractivity contribution in [2.45, 2.75) is 51.6 Å². The van der Waals surface area contributed by atoms with Crippen molar-refractivity contribution in [3.05, 3.63) is 0 Å². The molecule has 2 aliphatic rings. The number of nitrogens with one attached hydrogen (secondary N) is 1. The summed E-state index contributed by atoms with van der Waals surface area (Å²) in [5.41, 5.74) is 0. The van der Waals surface area contributed by atoms with E-state index in [0.29, 0.717) is 12.0 Å². The molecule has 4 atom stereocenters. The fraction of sp³-hybridized carbons (Fsp3) is 1.00. The summed E-state index contributed by atoms with van der Waals surface area (Å²) < 4.78 is 5.65. The second-order valence-corrected chi connectivity index (χ2v) is 6.23. The van der Waals surface area contributed by atoms with Gasteiger partial charge in [-0.2, -0.15) is 0 Å². The molecule has 3 heteroatoms. The van der Waals surface area contributed by atoms with E-state index in [-0.39, 0.29) is 0 Å². The van der Waals surface area contributed by atoms with Crippen LogP contribution in [0.2, 0.25) is 0 Å². The highest BCUT2D eigenvalue weighted by Gasteiger charge is 2.32. The number of ether oxygens (including phenoxy) is 1. The number of hydrogen-bond donors (Lipinski definition) is 1. The van der Waals surface area contributed by atoms with Crippen LogP contribution in [0.5, 0.6) is 0 Å². The fourth-order valence-corrected chi connectivity index (χ4v) is 3.72. The van der Waals surface area contributed by atoms with E-state index in [4.69, 9.17) is 4.74 Å². The topological polar surface area (TPSA) is 24.5 Å². The van der Waals surface area contributed by atoms with Crippen LogP contribution in [0.25, 0.3) is 0 Å². The number of nitrogens with zero attached hydrogens (tertiary/aromatic N) is 1. The standard InChI is InChI=1S/C15H30N2O/c1-4-16-14-11-18-10-13(14)9-17(3)15-8-6-5-7-12(15)2/h12-16H,4-11H2,1-3H3. The molecular weight excluding hydrogens is 224 g/mol. The van der Waals surface area contributed by atoms with E-state index in [2.05, 4.69) is 31.1 Å². The minimum Gasteiger partial charge on any atom is -0.379 e. The first-order valence-corrected chi connectivity index (χ1v) is 7.73. The lowest BCUT2D eigenvalue weighted by molar-refractivity contribution is 0.111. The Hall–Kier alpha value is -0.120. The van der Waals surface area contributed by atoms with Crippen LogP contribution in [0.1, 0.15) is 39.5 Å². The van der Waals surface area contributed by atoms with Gasteiger partial charge in [0.15, 0.2) is 0 Å². The van der Waals surface area contributed by atoms with Crippen LogP contribution in [-0.2, 0) is 4.74 Å². The van der Waals surface area contributed by atoms with Crippen LogP contribution < -0.4 is 5.32 Å². The highest BCUT2D eigenvalue weighted by atomic mass is 16.5. The molecule has 2 rings (SSSR count). The van der Waals surface area contributed by atoms with Crippen LogP contribution in [0.3, 0.4) is 0 Å². The van der Waals surface area contributed by atoms with Crippen LogP contribution in [0.15, 0.2) is 0 Å². The Bertz CT molecular complexity index is 247. The molecule has 0 spiro atoms. The molecule has 4 unspecified atom stereocenters. The highest BCUT2D eigenvalue weighted by Crippen LogP contribution is 2.28. The van der Waals surface area contributed by atoms with Crippen LogP contribution in [-0.4, -0.2) is 50.3 Å². The van der Waals surface area contributed by atoms with E-state index in [1.165, 1.54) is 32.2 Å². The largest absolute Gasteiger partial charge is 0.379 e. The van der Waals surface area contributed by atoms with Crippen molar-refractivity contribution in [2.24, 2.45) is 11.8 Å². The molecule has 1 aliphatic heterocycles. The van der Waals surface area contributed by atoms with Gasteiger partial charge in [-0.3, -0.25) is 0 Å². The van der Waals surface area contributed by atoms with Gasteiger partial charge in [0.25, 0.3) is 0 Å². The Morgan fingerprint density at radius 1 is 1.22 bits per heavy atom. The zero-order valence-electron chi connectivity index (χ0n) is 12.3. The van der Waals surface area contributed by atoms with Crippen molar-refractivity contribution in [1.82, 2.24) is 10.2 Å². The molecule has 1 heterocycles. The Morgan fingerprint density at radius 2 is 2.00 bits per heavy atom. The first-order chi connectivity index (χ1) is 8.72. The normalized spacial score (nSPS) is 37.3. The van der Waals surface area contributed by atoms with Gasteiger partial charge in [0, 0.05) is 24.5 Å². The van der Waals surface area contributed by atoms with Gasteiger partial charge in [-0.1, -0.05) is 26.7 Å². The van der Waals surface area contributed by atoms with E-state index in [1.807, 2.05) is 0 Å². The zero-order chi connectivity index (χ0) is 13.0. The third-order valence-corrected chi connectivity index (χ3v) is 4.82. The van der Waals surface area contributed by atoms with E-state index >= 15 is 0 Å². The number of rotatable bonds is 5. The van der Waals surface area contributed by atoms with E-state index in [0.717, 1.165) is 31.7 Å². The maximum atomic E-state index is 5.65. The van der Waals surface area contributed by atoms with Gasteiger partial charge in [0.05, 0.1) is 13.2 Å². The molecule has 1 saturated heterocycles. The Balaban J connectivity index is 1.83. The second-order valence-electron chi connectivity index (χ2n) is 6.23. The summed E-state index contributed by atoms with van der Waals surface area (Å²) in [5, 5.41) is 3.56. The average Bonchev–Trinajstić information content (AvgIpc) is 2.78. The summed E-state index contributed by atoms with van der Waals surface area (Å²) in [7, 11) is 2.31. The molecule has 0 bridgehead atoms. The van der Waals surface area contributed by atoms with Crippen LogP contribution in [0, 0.1) is 11.8 Å².